The molecule has 1 atom stereocenters. The summed E-state index contributed by atoms with van der Waals surface area (Å²) in [7, 11) is 1.66. The second kappa shape index (κ2) is 7.58. The second-order valence-corrected chi connectivity index (χ2v) is 6.37. The average Bonchev–Trinajstić information content (AvgIpc) is 2.67. The monoisotopic (exact) mass is 355 g/mol. The molecule has 0 saturated carbocycles. The zero-order valence-electron chi connectivity index (χ0n) is 14.5. The fourth-order valence-corrected chi connectivity index (χ4v) is 3.19. The van der Waals surface area contributed by atoms with Crippen molar-refractivity contribution in [3.63, 3.8) is 0 Å². The maximum atomic E-state index is 12.7. The first kappa shape index (κ1) is 17.9. The molecule has 1 fully saturated rings. The van der Waals surface area contributed by atoms with Crippen LogP contribution in [-0.2, 0) is 4.74 Å². The fraction of sp³-hybridized carbons (Fsp3) is 0.300. The lowest BCUT2D eigenvalue weighted by Gasteiger charge is -2.32. The summed E-state index contributed by atoms with van der Waals surface area (Å²) in [5.74, 6) is -1.49. The van der Waals surface area contributed by atoms with Gasteiger partial charge in [-0.3, -0.25) is 4.79 Å². The Morgan fingerprint density at radius 2 is 1.81 bits per heavy atom. The van der Waals surface area contributed by atoms with Gasteiger partial charge in [0.25, 0.3) is 5.91 Å². The summed E-state index contributed by atoms with van der Waals surface area (Å²) in [5, 5.41) is 18.7. The number of hydrogen-bond donors (Lipinski definition) is 2. The van der Waals surface area contributed by atoms with E-state index in [9.17, 15) is 14.7 Å². The van der Waals surface area contributed by atoms with Gasteiger partial charge in [-0.25, -0.2) is 4.79 Å². The average molecular weight is 355 g/mol. The number of carboxylic acids is 1. The predicted molar refractivity (Wildman–Crippen MR) is 96.4 cm³/mol. The lowest BCUT2D eigenvalue weighted by Crippen LogP contribution is -2.42. The number of ether oxygens (including phenoxy) is 1. The Morgan fingerprint density at radius 3 is 2.46 bits per heavy atom. The standard InChI is InChI=1S/C20H21NO5/c1-26-16-3-2-10-21(12-16)19(23)14-6-4-13(5-7-14)15-8-9-18(22)17(11-15)20(24)25/h4-9,11,16,22H,2-3,10,12H2,1H3,(H,24,25)/t16-/m1/s1. The van der Waals surface area contributed by atoms with Crippen molar-refractivity contribution in [3.8, 4) is 16.9 Å². The first-order valence-corrected chi connectivity index (χ1v) is 8.48. The van der Waals surface area contributed by atoms with Gasteiger partial charge in [0.1, 0.15) is 11.3 Å². The van der Waals surface area contributed by atoms with Crippen LogP contribution < -0.4 is 0 Å². The topological polar surface area (TPSA) is 87.1 Å². The molecule has 1 aliphatic heterocycles. The zero-order valence-corrected chi connectivity index (χ0v) is 14.5. The van der Waals surface area contributed by atoms with Crippen molar-refractivity contribution in [2.75, 3.05) is 20.2 Å². The quantitative estimate of drug-likeness (QED) is 0.880. The minimum absolute atomic E-state index is 0.0322. The molecule has 2 aromatic carbocycles. The lowest BCUT2D eigenvalue weighted by molar-refractivity contribution is 0.0269. The predicted octanol–water partition coefficient (Wildman–Crippen LogP) is 3.01. The molecule has 26 heavy (non-hydrogen) atoms. The van der Waals surface area contributed by atoms with Crippen LogP contribution in [0, 0.1) is 0 Å². The second-order valence-electron chi connectivity index (χ2n) is 6.37. The van der Waals surface area contributed by atoms with Gasteiger partial charge in [-0.2, -0.15) is 0 Å². The Balaban J connectivity index is 1.79. The highest BCUT2D eigenvalue weighted by Crippen LogP contribution is 2.26. The number of likely N-dealkylation sites (tertiary alicyclic amines) is 1. The molecule has 1 aliphatic rings. The molecule has 136 valence electrons. The van der Waals surface area contributed by atoms with Crippen molar-refractivity contribution in [2.24, 2.45) is 0 Å². The molecule has 0 aromatic heterocycles. The minimum Gasteiger partial charge on any atom is -0.507 e. The number of methoxy groups -OCH3 is 1. The van der Waals surface area contributed by atoms with Crippen molar-refractivity contribution in [2.45, 2.75) is 18.9 Å². The first-order valence-electron chi connectivity index (χ1n) is 8.48. The van der Waals surface area contributed by atoms with Crippen LogP contribution in [0.4, 0.5) is 0 Å². The third-order valence-corrected chi connectivity index (χ3v) is 4.69. The lowest BCUT2D eigenvalue weighted by atomic mass is 10.0. The number of piperidine rings is 1. The zero-order chi connectivity index (χ0) is 18.7. The molecule has 6 heteroatoms. The maximum Gasteiger partial charge on any atom is 0.339 e. The molecular weight excluding hydrogens is 334 g/mol. The molecule has 6 nitrogen and oxygen atoms in total. The van der Waals surface area contributed by atoms with Gasteiger partial charge in [0.2, 0.25) is 0 Å². The summed E-state index contributed by atoms with van der Waals surface area (Å²) in [6.07, 6.45) is 1.97. The van der Waals surface area contributed by atoms with E-state index in [-0.39, 0.29) is 23.3 Å². The van der Waals surface area contributed by atoms with E-state index in [0.29, 0.717) is 17.7 Å². The number of rotatable bonds is 4. The third-order valence-electron chi connectivity index (χ3n) is 4.69. The summed E-state index contributed by atoms with van der Waals surface area (Å²) in [6.45, 7) is 1.32. The van der Waals surface area contributed by atoms with E-state index in [1.165, 1.54) is 12.1 Å². The largest absolute Gasteiger partial charge is 0.507 e. The van der Waals surface area contributed by atoms with Crippen molar-refractivity contribution in [3.05, 3.63) is 53.6 Å². The van der Waals surface area contributed by atoms with Crippen LogP contribution >= 0.6 is 0 Å². The van der Waals surface area contributed by atoms with E-state index < -0.39 is 5.97 Å². The summed E-state index contributed by atoms with van der Waals surface area (Å²) in [6, 6.07) is 11.5. The van der Waals surface area contributed by atoms with Crippen LogP contribution in [0.15, 0.2) is 42.5 Å². The molecule has 1 amide bonds. The molecule has 1 saturated heterocycles. The summed E-state index contributed by atoms with van der Waals surface area (Å²) in [4.78, 5) is 25.6. The van der Waals surface area contributed by atoms with Gasteiger partial charge in [-0.05, 0) is 48.2 Å². The molecule has 2 aromatic rings. The number of carbonyl (C=O) groups is 2. The number of nitrogens with zero attached hydrogens (tertiary/aromatic N) is 1. The molecule has 0 aliphatic carbocycles. The maximum absolute atomic E-state index is 12.7. The summed E-state index contributed by atoms with van der Waals surface area (Å²) >= 11 is 0. The fourth-order valence-electron chi connectivity index (χ4n) is 3.19. The van der Waals surface area contributed by atoms with Crippen LogP contribution in [0.5, 0.6) is 5.75 Å². The van der Waals surface area contributed by atoms with Crippen molar-refractivity contribution in [1.82, 2.24) is 4.90 Å². The smallest absolute Gasteiger partial charge is 0.339 e. The van der Waals surface area contributed by atoms with Crippen molar-refractivity contribution in [1.29, 1.82) is 0 Å². The van der Waals surface area contributed by atoms with E-state index in [4.69, 9.17) is 9.84 Å². The number of carboxylic acid groups (broad SMARTS) is 1. The van der Waals surface area contributed by atoms with Crippen LogP contribution in [0.1, 0.15) is 33.6 Å². The molecule has 2 N–H and O–H groups in total. The van der Waals surface area contributed by atoms with Gasteiger partial charge in [0, 0.05) is 25.8 Å². The first-order chi connectivity index (χ1) is 12.5. The third kappa shape index (κ3) is 3.70. The number of carbonyl (C=O) groups excluding carboxylic acids is 1. The number of benzene rings is 2. The molecular formula is C20H21NO5. The van der Waals surface area contributed by atoms with E-state index in [1.54, 1.807) is 42.3 Å². The van der Waals surface area contributed by atoms with Gasteiger partial charge < -0.3 is 19.8 Å². The Kier molecular flexibility index (Phi) is 5.23. The van der Waals surface area contributed by atoms with Crippen LogP contribution in [-0.4, -0.2) is 53.3 Å². The van der Waals surface area contributed by atoms with Crippen LogP contribution in [0.2, 0.25) is 0 Å². The Bertz CT molecular complexity index is 815. The normalized spacial score (nSPS) is 17.1. The Morgan fingerprint density at radius 1 is 1.12 bits per heavy atom. The van der Waals surface area contributed by atoms with Gasteiger partial charge in [0.05, 0.1) is 6.10 Å². The van der Waals surface area contributed by atoms with E-state index in [2.05, 4.69) is 0 Å². The highest BCUT2D eigenvalue weighted by Gasteiger charge is 2.24. The van der Waals surface area contributed by atoms with Gasteiger partial charge in [-0.1, -0.05) is 18.2 Å². The van der Waals surface area contributed by atoms with Gasteiger partial charge >= 0.3 is 5.97 Å². The van der Waals surface area contributed by atoms with E-state index >= 15 is 0 Å². The highest BCUT2D eigenvalue weighted by atomic mass is 16.5. The molecule has 0 unspecified atom stereocenters. The van der Waals surface area contributed by atoms with Crippen molar-refractivity contribution >= 4 is 11.9 Å². The van der Waals surface area contributed by atoms with Crippen LogP contribution in [0.3, 0.4) is 0 Å². The molecule has 0 bridgehead atoms. The van der Waals surface area contributed by atoms with E-state index in [1.807, 2.05) is 0 Å². The Labute approximate surface area is 151 Å². The van der Waals surface area contributed by atoms with E-state index in [0.717, 1.165) is 24.9 Å². The summed E-state index contributed by atoms with van der Waals surface area (Å²) in [5.41, 5.74) is 1.87. The summed E-state index contributed by atoms with van der Waals surface area (Å²) < 4.78 is 5.36. The molecule has 0 radical (unpaired) electrons. The molecule has 0 spiro atoms. The number of amides is 1. The Hall–Kier alpha value is -2.86. The SMILES string of the molecule is CO[C@@H]1CCCN(C(=O)c2ccc(-c3ccc(O)c(C(=O)O)c3)cc2)C1. The highest BCUT2D eigenvalue weighted by molar-refractivity contribution is 5.95. The van der Waals surface area contributed by atoms with Gasteiger partial charge in [0.15, 0.2) is 0 Å². The molecule has 1 heterocycles. The number of aromatic hydroxyl groups is 1. The number of aromatic carboxylic acids is 1. The number of phenols is 1. The van der Waals surface area contributed by atoms with Crippen molar-refractivity contribution < 1.29 is 24.5 Å². The minimum atomic E-state index is -1.19. The molecule has 3 rings (SSSR count). The number of hydrogen-bond acceptors (Lipinski definition) is 4. The van der Waals surface area contributed by atoms with Gasteiger partial charge in [-0.15, -0.1) is 0 Å². The van der Waals surface area contributed by atoms with Crippen LogP contribution in [0.25, 0.3) is 11.1 Å².